The number of carbonyl (C=O) groups is 1. The minimum absolute atomic E-state index is 0.127. The Labute approximate surface area is 53.5 Å². The van der Waals surface area contributed by atoms with Gasteiger partial charge in [-0.15, -0.1) is 0 Å². The van der Waals surface area contributed by atoms with Gasteiger partial charge in [0.25, 0.3) is 0 Å². The van der Waals surface area contributed by atoms with Crippen LogP contribution in [0.5, 0.6) is 0 Å². The van der Waals surface area contributed by atoms with E-state index in [-0.39, 0.29) is 12.3 Å². The zero-order chi connectivity index (χ0) is 6.69. The maximum atomic E-state index is 10.1. The fourth-order valence-corrected chi connectivity index (χ4v) is 0.816. The lowest BCUT2D eigenvalue weighted by molar-refractivity contribution is -0.137. The Morgan fingerprint density at radius 3 is 2.44 bits per heavy atom. The van der Waals surface area contributed by atoms with E-state index in [2.05, 4.69) is 0 Å². The molecule has 1 aliphatic carbocycles. The first-order valence-corrected chi connectivity index (χ1v) is 2.86. The average molecular weight is 124 g/mol. The summed E-state index contributed by atoms with van der Waals surface area (Å²) in [4.78, 5) is 10.1. The predicted octanol–water partition coefficient (Wildman–Crippen LogP) is 1.20. The van der Waals surface area contributed by atoms with Crippen LogP contribution in [0.4, 0.5) is 0 Å². The summed E-state index contributed by atoms with van der Waals surface area (Å²) >= 11 is 0. The van der Waals surface area contributed by atoms with Crippen LogP contribution in [0.1, 0.15) is 6.42 Å². The fourth-order valence-electron chi connectivity index (χ4n) is 0.816. The third kappa shape index (κ3) is 1.72. The van der Waals surface area contributed by atoms with Gasteiger partial charge in [-0.3, -0.25) is 4.79 Å². The van der Waals surface area contributed by atoms with Crippen LogP contribution in [0, 0.1) is 5.92 Å². The summed E-state index contributed by atoms with van der Waals surface area (Å²) in [5, 5.41) is 8.31. The zero-order valence-corrected chi connectivity index (χ0v) is 4.95. The molecular formula is C7H8O2. The van der Waals surface area contributed by atoms with Gasteiger partial charge in [-0.25, -0.2) is 0 Å². The molecule has 2 heteroatoms. The minimum Gasteiger partial charge on any atom is -0.481 e. The van der Waals surface area contributed by atoms with Gasteiger partial charge in [0, 0.05) is 5.92 Å². The lowest BCUT2D eigenvalue weighted by Crippen LogP contribution is -2.00. The minimum atomic E-state index is -0.740. The van der Waals surface area contributed by atoms with Crippen LogP contribution in [-0.4, -0.2) is 11.1 Å². The van der Waals surface area contributed by atoms with Crippen molar-refractivity contribution in [1.82, 2.24) is 0 Å². The van der Waals surface area contributed by atoms with Crippen LogP contribution in [0.15, 0.2) is 24.3 Å². The van der Waals surface area contributed by atoms with E-state index >= 15 is 0 Å². The van der Waals surface area contributed by atoms with Crippen molar-refractivity contribution in [2.45, 2.75) is 6.42 Å². The molecule has 0 aromatic rings. The monoisotopic (exact) mass is 124 g/mol. The highest BCUT2D eigenvalue weighted by Crippen LogP contribution is 2.12. The van der Waals surface area contributed by atoms with Crippen molar-refractivity contribution in [2.75, 3.05) is 0 Å². The van der Waals surface area contributed by atoms with E-state index in [1.54, 1.807) is 0 Å². The summed E-state index contributed by atoms with van der Waals surface area (Å²) in [5.41, 5.74) is 0. The second-order valence-electron chi connectivity index (χ2n) is 2.03. The second-order valence-corrected chi connectivity index (χ2v) is 2.03. The van der Waals surface area contributed by atoms with Crippen molar-refractivity contribution in [3.63, 3.8) is 0 Å². The van der Waals surface area contributed by atoms with Crippen LogP contribution in [-0.2, 0) is 4.79 Å². The second kappa shape index (κ2) is 2.49. The molecule has 1 N–H and O–H groups in total. The molecule has 0 radical (unpaired) electrons. The van der Waals surface area contributed by atoms with E-state index in [9.17, 15) is 4.79 Å². The van der Waals surface area contributed by atoms with E-state index in [1.807, 2.05) is 24.3 Å². The largest absolute Gasteiger partial charge is 0.481 e. The van der Waals surface area contributed by atoms with Crippen molar-refractivity contribution >= 4 is 5.97 Å². The maximum Gasteiger partial charge on any atom is 0.304 e. The number of carboxylic acid groups (broad SMARTS) is 1. The molecule has 0 saturated heterocycles. The molecule has 0 aromatic carbocycles. The molecule has 0 aliphatic heterocycles. The Morgan fingerprint density at radius 2 is 2.00 bits per heavy atom. The molecule has 9 heavy (non-hydrogen) atoms. The Hall–Kier alpha value is -1.05. The van der Waals surface area contributed by atoms with Gasteiger partial charge in [-0.1, -0.05) is 24.3 Å². The third-order valence-corrected chi connectivity index (χ3v) is 1.24. The standard InChI is InChI=1S/C7H8O2/c8-7(9)5-6-3-1-2-4-6/h1-4,6H,5H2,(H,8,9). The molecule has 0 atom stereocenters. The highest BCUT2D eigenvalue weighted by molar-refractivity contribution is 5.67. The Kier molecular flexibility index (Phi) is 1.68. The Morgan fingerprint density at radius 1 is 1.44 bits per heavy atom. The van der Waals surface area contributed by atoms with Gasteiger partial charge in [0.05, 0.1) is 6.42 Å². The molecule has 48 valence electrons. The van der Waals surface area contributed by atoms with Gasteiger partial charge in [0.15, 0.2) is 0 Å². The molecule has 0 amide bonds. The van der Waals surface area contributed by atoms with Crippen molar-refractivity contribution < 1.29 is 9.90 Å². The molecule has 1 aliphatic rings. The summed E-state index contributed by atoms with van der Waals surface area (Å²) in [6, 6.07) is 0. The SMILES string of the molecule is O=C(O)CC1C=CC=C1. The number of allylic oxidation sites excluding steroid dienone is 4. The molecule has 0 aromatic heterocycles. The molecule has 1 rings (SSSR count). The number of hydrogen-bond acceptors (Lipinski definition) is 1. The summed E-state index contributed by atoms with van der Waals surface area (Å²) < 4.78 is 0. The third-order valence-electron chi connectivity index (χ3n) is 1.24. The molecular weight excluding hydrogens is 116 g/mol. The fraction of sp³-hybridized carbons (Fsp3) is 0.286. The molecule has 0 fully saturated rings. The smallest absolute Gasteiger partial charge is 0.304 e. The molecule has 0 heterocycles. The molecule has 2 nitrogen and oxygen atoms in total. The lowest BCUT2D eigenvalue weighted by atomic mass is 10.1. The molecule has 0 spiro atoms. The zero-order valence-electron chi connectivity index (χ0n) is 4.95. The van der Waals surface area contributed by atoms with E-state index in [0.29, 0.717) is 0 Å². The van der Waals surface area contributed by atoms with E-state index < -0.39 is 5.97 Å². The van der Waals surface area contributed by atoms with Gasteiger partial charge in [-0.05, 0) is 0 Å². The van der Waals surface area contributed by atoms with Gasteiger partial charge in [0.1, 0.15) is 0 Å². The van der Waals surface area contributed by atoms with Crippen LogP contribution in [0.3, 0.4) is 0 Å². The van der Waals surface area contributed by atoms with Crippen LogP contribution in [0.25, 0.3) is 0 Å². The first kappa shape index (κ1) is 6.08. The normalized spacial score (nSPS) is 16.9. The van der Waals surface area contributed by atoms with E-state index in [1.165, 1.54) is 0 Å². The van der Waals surface area contributed by atoms with Gasteiger partial charge in [-0.2, -0.15) is 0 Å². The van der Waals surface area contributed by atoms with E-state index in [4.69, 9.17) is 5.11 Å². The molecule has 0 bridgehead atoms. The quantitative estimate of drug-likeness (QED) is 0.600. The van der Waals surface area contributed by atoms with Crippen molar-refractivity contribution in [2.24, 2.45) is 5.92 Å². The lowest BCUT2D eigenvalue weighted by Gasteiger charge is -1.96. The summed E-state index contributed by atoms with van der Waals surface area (Å²) in [6.07, 6.45) is 7.72. The van der Waals surface area contributed by atoms with Crippen molar-refractivity contribution in [1.29, 1.82) is 0 Å². The van der Waals surface area contributed by atoms with Gasteiger partial charge < -0.3 is 5.11 Å². The topological polar surface area (TPSA) is 37.3 Å². The number of aliphatic carboxylic acids is 1. The highest BCUT2D eigenvalue weighted by Gasteiger charge is 2.07. The van der Waals surface area contributed by atoms with Gasteiger partial charge in [0.2, 0.25) is 0 Å². The first-order valence-electron chi connectivity index (χ1n) is 2.86. The summed E-state index contributed by atoms with van der Waals surface area (Å²) in [6.45, 7) is 0. The number of carboxylic acids is 1. The number of hydrogen-bond donors (Lipinski definition) is 1. The van der Waals surface area contributed by atoms with Gasteiger partial charge >= 0.3 is 5.97 Å². The van der Waals surface area contributed by atoms with E-state index in [0.717, 1.165) is 0 Å². The molecule has 0 saturated carbocycles. The average Bonchev–Trinajstić information content (AvgIpc) is 2.15. The molecule has 0 unspecified atom stereocenters. The van der Waals surface area contributed by atoms with Crippen LogP contribution >= 0.6 is 0 Å². The predicted molar refractivity (Wildman–Crippen MR) is 34.0 cm³/mol. The van der Waals surface area contributed by atoms with Crippen LogP contribution < -0.4 is 0 Å². The Balaban J connectivity index is 2.37. The first-order chi connectivity index (χ1) is 4.29. The highest BCUT2D eigenvalue weighted by atomic mass is 16.4. The summed E-state index contributed by atoms with van der Waals surface area (Å²) in [5.74, 6) is -0.612. The van der Waals surface area contributed by atoms with Crippen molar-refractivity contribution in [3.8, 4) is 0 Å². The van der Waals surface area contributed by atoms with Crippen LogP contribution in [0.2, 0.25) is 0 Å². The number of rotatable bonds is 2. The van der Waals surface area contributed by atoms with Crippen molar-refractivity contribution in [3.05, 3.63) is 24.3 Å². The maximum absolute atomic E-state index is 10.1. The Bertz CT molecular complexity index is 156. The summed E-state index contributed by atoms with van der Waals surface area (Å²) in [7, 11) is 0.